The van der Waals surface area contributed by atoms with Crippen molar-refractivity contribution in [3.8, 4) is 0 Å². The number of hydrogen-bond donors (Lipinski definition) is 1. The number of amides is 1. The molecule has 178 valence electrons. The molecule has 0 atom stereocenters. The fraction of sp³-hybridized carbons (Fsp3) is 0.296. The molecule has 4 rings (SSSR count). The number of carbonyl (C=O) groups is 1. The highest BCUT2D eigenvalue weighted by Gasteiger charge is 2.19. The van der Waals surface area contributed by atoms with Crippen LogP contribution in [0.2, 0.25) is 0 Å². The van der Waals surface area contributed by atoms with E-state index in [4.69, 9.17) is 0 Å². The van der Waals surface area contributed by atoms with Crippen LogP contribution in [0, 0.1) is 13.8 Å². The van der Waals surface area contributed by atoms with E-state index >= 15 is 0 Å². The van der Waals surface area contributed by atoms with Crippen molar-refractivity contribution >= 4 is 33.0 Å². The van der Waals surface area contributed by atoms with E-state index in [1.54, 1.807) is 24.3 Å². The van der Waals surface area contributed by atoms with Gasteiger partial charge in [0.1, 0.15) is 0 Å². The maximum Gasteiger partial charge on any atom is 0.255 e. The molecule has 0 unspecified atom stereocenters. The van der Waals surface area contributed by atoms with Crippen LogP contribution in [0.3, 0.4) is 0 Å². The van der Waals surface area contributed by atoms with Gasteiger partial charge >= 0.3 is 0 Å². The van der Waals surface area contributed by atoms with Crippen LogP contribution in [-0.2, 0) is 16.6 Å². The van der Waals surface area contributed by atoms with E-state index in [0.717, 1.165) is 35.5 Å². The Morgan fingerprint density at radius 2 is 1.50 bits per heavy atom. The lowest BCUT2D eigenvalue weighted by Crippen LogP contribution is -2.29. The topological polar surface area (TPSA) is 69.7 Å². The second-order valence-electron chi connectivity index (χ2n) is 9.01. The summed E-state index contributed by atoms with van der Waals surface area (Å²) < 4.78 is 26.4. The Bertz CT molecular complexity index is 1240. The predicted octanol–water partition coefficient (Wildman–Crippen LogP) is 5.12. The molecule has 0 radical (unpaired) electrons. The molecule has 3 aromatic carbocycles. The van der Waals surface area contributed by atoms with Gasteiger partial charge in [0.05, 0.1) is 18.5 Å². The van der Waals surface area contributed by atoms with Gasteiger partial charge in [0.2, 0.25) is 10.0 Å². The number of rotatable bonds is 7. The molecule has 1 heterocycles. The molecular formula is C27H31N3O3S. The summed E-state index contributed by atoms with van der Waals surface area (Å²) in [6.07, 6.45) is 3.66. The van der Waals surface area contributed by atoms with Crippen LogP contribution in [-0.4, -0.2) is 33.7 Å². The molecule has 0 bridgehead atoms. The van der Waals surface area contributed by atoms with Crippen molar-refractivity contribution in [3.05, 3.63) is 89.0 Å². The van der Waals surface area contributed by atoms with Gasteiger partial charge in [-0.05, 0) is 91.9 Å². The molecule has 1 saturated heterocycles. The highest BCUT2D eigenvalue weighted by molar-refractivity contribution is 7.92. The van der Waals surface area contributed by atoms with E-state index in [2.05, 4.69) is 10.2 Å². The number of anilines is 3. The van der Waals surface area contributed by atoms with Gasteiger partial charge in [0.15, 0.2) is 0 Å². The smallest absolute Gasteiger partial charge is 0.255 e. The van der Waals surface area contributed by atoms with Crippen molar-refractivity contribution in [2.75, 3.05) is 33.9 Å². The largest absolute Gasteiger partial charge is 0.372 e. The SMILES string of the molecule is Cc1cc(C)cc(N(Cc2ccc(C(=O)Nc3ccc(N4CCCC4)cc3)cc2)S(C)(=O)=O)c1. The lowest BCUT2D eigenvalue weighted by molar-refractivity contribution is 0.102. The summed E-state index contributed by atoms with van der Waals surface area (Å²) in [6, 6.07) is 20.7. The number of hydrogen-bond acceptors (Lipinski definition) is 4. The zero-order valence-electron chi connectivity index (χ0n) is 19.9. The molecule has 1 N–H and O–H groups in total. The van der Waals surface area contributed by atoms with Gasteiger partial charge in [0.25, 0.3) is 5.91 Å². The van der Waals surface area contributed by atoms with Gasteiger partial charge in [-0.2, -0.15) is 0 Å². The molecule has 3 aromatic rings. The highest BCUT2D eigenvalue weighted by atomic mass is 32.2. The van der Waals surface area contributed by atoms with E-state index in [1.165, 1.54) is 29.1 Å². The van der Waals surface area contributed by atoms with Crippen molar-refractivity contribution in [2.45, 2.75) is 33.2 Å². The average molecular weight is 478 g/mol. The molecular weight excluding hydrogens is 446 g/mol. The number of benzene rings is 3. The molecule has 34 heavy (non-hydrogen) atoms. The Kier molecular flexibility index (Phi) is 6.93. The Labute approximate surface area is 202 Å². The summed E-state index contributed by atoms with van der Waals surface area (Å²) in [7, 11) is -3.48. The molecule has 0 saturated carbocycles. The van der Waals surface area contributed by atoms with E-state index < -0.39 is 10.0 Å². The normalized spacial score (nSPS) is 13.7. The summed E-state index contributed by atoms with van der Waals surface area (Å²) in [4.78, 5) is 15.1. The minimum Gasteiger partial charge on any atom is -0.372 e. The van der Waals surface area contributed by atoms with Crippen LogP contribution in [0.4, 0.5) is 17.1 Å². The lowest BCUT2D eigenvalue weighted by atomic mass is 10.1. The molecule has 6 nitrogen and oxygen atoms in total. The number of aryl methyl sites for hydroxylation is 2. The first-order valence-corrected chi connectivity index (χ1v) is 13.4. The first-order chi connectivity index (χ1) is 16.2. The van der Waals surface area contributed by atoms with Crippen molar-refractivity contribution in [1.82, 2.24) is 0 Å². The fourth-order valence-electron chi connectivity index (χ4n) is 4.36. The number of carbonyl (C=O) groups excluding carboxylic acids is 1. The van der Waals surface area contributed by atoms with E-state index in [9.17, 15) is 13.2 Å². The summed E-state index contributed by atoms with van der Waals surface area (Å²) >= 11 is 0. The zero-order valence-corrected chi connectivity index (χ0v) is 20.7. The van der Waals surface area contributed by atoms with E-state index in [-0.39, 0.29) is 12.5 Å². The third kappa shape index (κ3) is 5.78. The molecule has 7 heteroatoms. The maximum absolute atomic E-state index is 12.7. The fourth-order valence-corrected chi connectivity index (χ4v) is 5.23. The van der Waals surface area contributed by atoms with Gasteiger partial charge < -0.3 is 10.2 Å². The number of nitrogens with one attached hydrogen (secondary N) is 1. The van der Waals surface area contributed by atoms with Gasteiger partial charge in [-0.25, -0.2) is 8.42 Å². The highest BCUT2D eigenvalue weighted by Crippen LogP contribution is 2.25. The van der Waals surface area contributed by atoms with Gasteiger partial charge in [0, 0.05) is 30.0 Å². The van der Waals surface area contributed by atoms with Crippen LogP contribution >= 0.6 is 0 Å². The van der Waals surface area contributed by atoms with Crippen molar-refractivity contribution in [2.24, 2.45) is 0 Å². The van der Waals surface area contributed by atoms with Crippen LogP contribution in [0.1, 0.15) is 39.9 Å². The molecule has 0 aromatic heterocycles. The van der Waals surface area contributed by atoms with E-state index in [0.29, 0.717) is 11.3 Å². The van der Waals surface area contributed by atoms with E-state index in [1.807, 2.05) is 56.3 Å². The molecule has 1 fully saturated rings. The summed E-state index contributed by atoms with van der Waals surface area (Å²) in [5.41, 5.74) is 5.89. The molecule has 1 amide bonds. The summed E-state index contributed by atoms with van der Waals surface area (Å²) in [6.45, 7) is 6.26. The van der Waals surface area contributed by atoms with Crippen LogP contribution in [0.15, 0.2) is 66.7 Å². The Morgan fingerprint density at radius 3 is 2.06 bits per heavy atom. The second-order valence-corrected chi connectivity index (χ2v) is 10.9. The Morgan fingerprint density at radius 1 is 0.912 bits per heavy atom. The standard InChI is InChI=1S/C27H31N3O3S/c1-20-16-21(2)18-26(17-20)30(34(3,32)33)19-22-6-8-23(9-7-22)27(31)28-24-10-12-25(13-11-24)29-14-4-5-15-29/h6-13,16-18H,4-5,14-15,19H2,1-3H3,(H,28,31). The molecule has 0 spiro atoms. The predicted molar refractivity (Wildman–Crippen MR) is 139 cm³/mol. The summed E-state index contributed by atoms with van der Waals surface area (Å²) in [5, 5.41) is 2.94. The van der Waals surface area contributed by atoms with Crippen molar-refractivity contribution in [1.29, 1.82) is 0 Å². The van der Waals surface area contributed by atoms with Gasteiger partial charge in [-0.1, -0.05) is 18.2 Å². The summed E-state index contributed by atoms with van der Waals surface area (Å²) in [5.74, 6) is -0.199. The van der Waals surface area contributed by atoms with Gasteiger partial charge in [-0.15, -0.1) is 0 Å². The third-order valence-electron chi connectivity index (χ3n) is 6.03. The van der Waals surface area contributed by atoms with Crippen molar-refractivity contribution in [3.63, 3.8) is 0 Å². The lowest BCUT2D eigenvalue weighted by Gasteiger charge is -2.23. The van der Waals surface area contributed by atoms with Crippen LogP contribution in [0.5, 0.6) is 0 Å². The minimum atomic E-state index is -3.48. The van der Waals surface area contributed by atoms with Gasteiger partial charge in [-0.3, -0.25) is 9.10 Å². The molecule has 0 aliphatic carbocycles. The first-order valence-electron chi connectivity index (χ1n) is 11.5. The third-order valence-corrected chi connectivity index (χ3v) is 7.17. The number of nitrogens with zero attached hydrogens (tertiary/aromatic N) is 2. The second kappa shape index (κ2) is 9.89. The van der Waals surface area contributed by atoms with Crippen LogP contribution < -0.4 is 14.5 Å². The molecule has 1 aliphatic heterocycles. The Hall–Kier alpha value is -3.32. The minimum absolute atomic E-state index is 0.196. The Balaban J connectivity index is 1.44. The monoisotopic (exact) mass is 477 g/mol. The van der Waals surface area contributed by atoms with Crippen LogP contribution in [0.25, 0.3) is 0 Å². The zero-order chi connectivity index (χ0) is 24.3. The van der Waals surface area contributed by atoms with Crippen molar-refractivity contribution < 1.29 is 13.2 Å². The maximum atomic E-state index is 12.7. The number of sulfonamides is 1. The molecule has 1 aliphatic rings. The first kappa shape index (κ1) is 23.8. The average Bonchev–Trinajstić information content (AvgIpc) is 3.32. The quantitative estimate of drug-likeness (QED) is 0.513.